The second kappa shape index (κ2) is 6.11. The van der Waals surface area contributed by atoms with E-state index in [0.29, 0.717) is 0 Å². The van der Waals surface area contributed by atoms with E-state index in [1.54, 1.807) is 13.3 Å². The normalized spacial score (nSPS) is 10.8. The van der Waals surface area contributed by atoms with Gasteiger partial charge in [-0.1, -0.05) is 0 Å². The van der Waals surface area contributed by atoms with E-state index in [9.17, 15) is 0 Å². The molecule has 2 heterocycles. The van der Waals surface area contributed by atoms with Crippen LogP contribution >= 0.6 is 15.9 Å². The Balaban J connectivity index is 2.27. The number of pyridine rings is 2. The number of nitrogens with zero attached hydrogens (tertiary/aromatic N) is 3. The molecule has 0 saturated heterocycles. The van der Waals surface area contributed by atoms with Crippen LogP contribution in [-0.4, -0.2) is 37.3 Å². The molecule has 18 heavy (non-hydrogen) atoms. The Morgan fingerprint density at radius 2 is 2.22 bits per heavy atom. The van der Waals surface area contributed by atoms with E-state index < -0.39 is 0 Å². The topological polar surface area (TPSA) is 38.2 Å². The molecule has 0 radical (unpaired) electrons. The fourth-order valence-corrected chi connectivity index (χ4v) is 2.19. The van der Waals surface area contributed by atoms with Crippen molar-refractivity contribution in [2.45, 2.75) is 6.42 Å². The highest BCUT2D eigenvalue weighted by atomic mass is 79.9. The van der Waals surface area contributed by atoms with Crippen molar-refractivity contribution in [2.75, 3.05) is 32.2 Å². The van der Waals surface area contributed by atoms with Crippen LogP contribution in [0.2, 0.25) is 0 Å². The van der Waals surface area contributed by atoms with Crippen molar-refractivity contribution in [3.63, 3.8) is 0 Å². The first-order valence-corrected chi connectivity index (χ1v) is 6.62. The summed E-state index contributed by atoms with van der Waals surface area (Å²) in [5.41, 5.74) is 2.93. The SMILES string of the molecule is COCCCN(C)c1ccnc2cc(Br)cnc12. The predicted molar refractivity (Wildman–Crippen MR) is 77.0 cm³/mol. The zero-order valence-electron chi connectivity index (χ0n) is 10.6. The molecule has 0 spiro atoms. The molecule has 0 aliphatic rings. The summed E-state index contributed by atoms with van der Waals surface area (Å²) < 4.78 is 6.02. The van der Waals surface area contributed by atoms with Crippen LogP contribution in [0.4, 0.5) is 5.69 Å². The lowest BCUT2D eigenvalue weighted by Gasteiger charge is -2.20. The van der Waals surface area contributed by atoms with Crippen molar-refractivity contribution in [2.24, 2.45) is 0 Å². The molecule has 0 bridgehead atoms. The molecular weight excluding hydrogens is 294 g/mol. The molecule has 0 atom stereocenters. The zero-order chi connectivity index (χ0) is 13.0. The second-order valence-corrected chi connectivity index (χ2v) is 5.03. The summed E-state index contributed by atoms with van der Waals surface area (Å²) in [4.78, 5) is 11.0. The van der Waals surface area contributed by atoms with E-state index >= 15 is 0 Å². The first-order valence-electron chi connectivity index (χ1n) is 5.82. The maximum absolute atomic E-state index is 5.07. The quantitative estimate of drug-likeness (QED) is 0.796. The Labute approximate surface area is 115 Å². The standard InChI is InChI=1S/C13H16BrN3O/c1-17(6-3-7-18-2)12-4-5-15-11-8-10(14)9-16-13(11)12/h4-5,8-9H,3,6-7H2,1-2H3. The van der Waals surface area contributed by atoms with Crippen LogP contribution in [0.1, 0.15) is 6.42 Å². The van der Waals surface area contributed by atoms with Crippen LogP contribution in [0.3, 0.4) is 0 Å². The molecule has 2 rings (SSSR count). The number of halogens is 1. The van der Waals surface area contributed by atoms with Gasteiger partial charge in [-0.3, -0.25) is 9.97 Å². The minimum Gasteiger partial charge on any atom is -0.385 e. The van der Waals surface area contributed by atoms with Gasteiger partial charge < -0.3 is 9.64 Å². The van der Waals surface area contributed by atoms with Gasteiger partial charge >= 0.3 is 0 Å². The van der Waals surface area contributed by atoms with Crippen molar-refractivity contribution >= 4 is 32.7 Å². The molecule has 4 nitrogen and oxygen atoms in total. The number of aromatic nitrogens is 2. The van der Waals surface area contributed by atoms with E-state index in [1.807, 2.05) is 18.3 Å². The summed E-state index contributed by atoms with van der Waals surface area (Å²) in [6, 6.07) is 3.98. The van der Waals surface area contributed by atoms with Crippen LogP contribution in [-0.2, 0) is 4.74 Å². The summed E-state index contributed by atoms with van der Waals surface area (Å²) in [5, 5.41) is 0. The Bertz CT molecular complexity index is 533. The third-order valence-corrected chi connectivity index (χ3v) is 3.21. The number of ether oxygens (including phenoxy) is 1. The van der Waals surface area contributed by atoms with Gasteiger partial charge in [0.1, 0.15) is 5.52 Å². The maximum atomic E-state index is 5.07. The van der Waals surface area contributed by atoms with E-state index in [4.69, 9.17) is 4.74 Å². The van der Waals surface area contributed by atoms with Gasteiger partial charge in [0, 0.05) is 44.2 Å². The fraction of sp³-hybridized carbons (Fsp3) is 0.385. The monoisotopic (exact) mass is 309 g/mol. The van der Waals surface area contributed by atoms with Crippen molar-refractivity contribution in [3.05, 3.63) is 29.0 Å². The van der Waals surface area contributed by atoms with E-state index in [1.165, 1.54) is 0 Å². The summed E-state index contributed by atoms with van der Waals surface area (Å²) in [5.74, 6) is 0. The first-order chi connectivity index (χ1) is 8.72. The highest BCUT2D eigenvalue weighted by Gasteiger charge is 2.08. The molecule has 0 fully saturated rings. The second-order valence-electron chi connectivity index (χ2n) is 4.12. The van der Waals surface area contributed by atoms with Crippen molar-refractivity contribution in [1.29, 1.82) is 0 Å². The van der Waals surface area contributed by atoms with Crippen LogP contribution in [0.25, 0.3) is 11.0 Å². The van der Waals surface area contributed by atoms with Gasteiger partial charge in [0.2, 0.25) is 0 Å². The average molecular weight is 310 g/mol. The highest BCUT2D eigenvalue weighted by molar-refractivity contribution is 9.10. The number of anilines is 1. The summed E-state index contributed by atoms with van der Waals surface area (Å²) in [7, 11) is 3.79. The predicted octanol–water partition coefficient (Wildman–Crippen LogP) is 2.87. The molecule has 0 saturated carbocycles. The molecule has 0 N–H and O–H groups in total. The molecule has 0 aliphatic heterocycles. The van der Waals surface area contributed by atoms with E-state index in [0.717, 1.165) is 40.8 Å². The van der Waals surface area contributed by atoms with Gasteiger partial charge in [-0.15, -0.1) is 0 Å². The number of fused-ring (bicyclic) bond motifs is 1. The highest BCUT2D eigenvalue weighted by Crippen LogP contribution is 2.24. The van der Waals surface area contributed by atoms with Gasteiger partial charge in [-0.05, 0) is 34.5 Å². The Hall–Kier alpha value is -1.20. The number of rotatable bonds is 5. The Morgan fingerprint density at radius 1 is 1.39 bits per heavy atom. The number of methoxy groups -OCH3 is 1. The van der Waals surface area contributed by atoms with Crippen LogP contribution in [0.5, 0.6) is 0 Å². The zero-order valence-corrected chi connectivity index (χ0v) is 12.1. The Kier molecular flexibility index (Phi) is 4.49. The summed E-state index contributed by atoms with van der Waals surface area (Å²) in [6.45, 7) is 1.71. The van der Waals surface area contributed by atoms with Gasteiger partial charge in [0.05, 0.1) is 11.2 Å². The molecular formula is C13H16BrN3O. The Morgan fingerprint density at radius 3 is 3.00 bits per heavy atom. The fourth-order valence-electron chi connectivity index (χ4n) is 1.87. The maximum Gasteiger partial charge on any atom is 0.112 e. The lowest BCUT2D eigenvalue weighted by Crippen LogP contribution is -2.20. The number of hydrogen-bond donors (Lipinski definition) is 0. The molecule has 0 amide bonds. The molecule has 0 aliphatic carbocycles. The van der Waals surface area contributed by atoms with Gasteiger partial charge in [0.25, 0.3) is 0 Å². The lowest BCUT2D eigenvalue weighted by atomic mass is 10.2. The first kappa shape index (κ1) is 13.2. The largest absolute Gasteiger partial charge is 0.385 e. The molecule has 0 aromatic carbocycles. The number of hydrogen-bond acceptors (Lipinski definition) is 4. The lowest BCUT2D eigenvalue weighted by molar-refractivity contribution is 0.196. The van der Waals surface area contributed by atoms with Crippen molar-refractivity contribution in [3.8, 4) is 0 Å². The van der Waals surface area contributed by atoms with Crippen LogP contribution in [0.15, 0.2) is 29.0 Å². The van der Waals surface area contributed by atoms with E-state index in [2.05, 4.69) is 37.8 Å². The third-order valence-electron chi connectivity index (χ3n) is 2.78. The molecule has 96 valence electrons. The minimum atomic E-state index is 0.770. The third kappa shape index (κ3) is 2.97. The molecule has 0 unspecified atom stereocenters. The van der Waals surface area contributed by atoms with Crippen LogP contribution in [0, 0.1) is 0 Å². The average Bonchev–Trinajstić information content (AvgIpc) is 2.37. The molecule has 2 aromatic rings. The van der Waals surface area contributed by atoms with Crippen LogP contribution < -0.4 is 4.90 Å². The van der Waals surface area contributed by atoms with Crippen molar-refractivity contribution in [1.82, 2.24) is 9.97 Å². The smallest absolute Gasteiger partial charge is 0.112 e. The van der Waals surface area contributed by atoms with Gasteiger partial charge in [-0.25, -0.2) is 0 Å². The van der Waals surface area contributed by atoms with Gasteiger partial charge in [-0.2, -0.15) is 0 Å². The summed E-state index contributed by atoms with van der Waals surface area (Å²) >= 11 is 3.41. The minimum absolute atomic E-state index is 0.770. The van der Waals surface area contributed by atoms with Crippen molar-refractivity contribution < 1.29 is 4.74 Å². The molecule has 2 aromatic heterocycles. The van der Waals surface area contributed by atoms with E-state index in [-0.39, 0.29) is 0 Å². The van der Waals surface area contributed by atoms with Gasteiger partial charge in [0.15, 0.2) is 0 Å². The summed E-state index contributed by atoms with van der Waals surface area (Å²) in [6.07, 6.45) is 4.61. The molecule has 5 heteroatoms.